The van der Waals surface area contributed by atoms with E-state index in [-0.39, 0.29) is 11.2 Å². The first-order valence-corrected chi connectivity index (χ1v) is 10.1. The fraction of sp³-hybridized carbons (Fsp3) is 0.261. The zero-order chi connectivity index (χ0) is 22.0. The molecule has 6 nitrogen and oxygen atoms in total. The molecular weight excluding hydrogens is 398 g/mol. The molecule has 8 heteroatoms. The third-order valence-electron chi connectivity index (χ3n) is 5.36. The minimum Gasteiger partial charge on any atom is -0.330 e. The lowest BCUT2D eigenvalue weighted by Crippen LogP contribution is -2.24. The molecule has 4 rings (SSSR count). The molecule has 0 aliphatic heterocycles. The molecule has 0 amide bonds. The van der Waals surface area contributed by atoms with Gasteiger partial charge in [-0.15, -0.1) is 10.2 Å². The van der Waals surface area contributed by atoms with Gasteiger partial charge >= 0.3 is 0 Å². The fourth-order valence-corrected chi connectivity index (χ4v) is 3.21. The van der Waals surface area contributed by atoms with E-state index >= 15 is 0 Å². The lowest BCUT2D eigenvalue weighted by Gasteiger charge is -2.20. The zero-order valence-electron chi connectivity index (χ0n) is 17.4. The highest BCUT2D eigenvalue weighted by molar-refractivity contribution is 5.92. The minimum atomic E-state index is -0.421. The standard InChI is InChI=1S/C23H24F2N6/c1-23(2,13-26)10-9-21-27-22(31-30-21)16-11-17-19(28-29-20(17)12-18(16)25)8-5-14-3-6-15(24)7-4-14/h3-8,11-12H,9-10,13,26H2,1-2H3,(H,28,29)(H,27,30,31). The summed E-state index contributed by atoms with van der Waals surface area (Å²) in [5, 5.41) is 16.2. The number of aromatic nitrogens is 5. The van der Waals surface area contributed by atoms with Crippen LogP contribution in [-0.4, -0.2) is 31.9 Å². The maximum absolute atomic E-state index is 14.7. The summed E-state index contributed by atoms with van der Waals surface area (Å²) in [6, 6.07) is 9.23. The average molecular weight is 422 g/mol. The highest BCUT2D eigenvalue weighted by atomic mass is 19.1. The van der Waals surface area contributed by atoms with Crippen LogP contribution in [0.25, 0.3) is 34.4 Å². The Morgan fingerprint density at radius 1 is 1.06 bits per heavy atom. The second-order valence-electron chi connectivity index (χ2n) is 8.36. The van der Waals surface area contributed by atoms with Crippen molar-refractivity contribution in [3.8, 4) is 11.4 Å². The van der Waals surface area contributed by atoms with Crippen molar-refractivity contribution in [3.63, 3.8) is 0 Å². The zero-order valence-corrected chi connectivity index (χ0v) is 17.4. The highest BCUT2D eigenvalue weighted by Gasteiger charge is 2.18. The van der Waals surface area contributed by atoms with Crippen molar-refractivity contribution in [3.05, 3.63) is 65.1 Å². The molecule has 2 heterocycles. The Morgan fingerprint density at radius 3 is 2.58 bits per heavy atom. The molecule has 2 aromatic heterocycles. The van der Waals surface area contributed by atoms with E-state index in [1.165, 1.54) is 18.2 Å². The lowest BCUT2D eigenvalue weighted by molar-refractivity contribution is 0.345. The van der Waals surface area contributed by atoms with Gasteiger partial charge in [0, 0.05) is 17.9 Å². The Hall–Kier alpha value is -3.39. The number of nitrogens with zero attached hydrogens (tertiary/aromatic N) is 3. The van der Waals surface area contributed by atoms with Crippen LogP contribution in [0.2, 0.25) is 0 Å². The predicted molar refractivity (Wildman–Crippen MR) is 118 cm³/mol. The molecule has 0 atom stereocenters. The largest absolute Gasteiger partial charge is 0.330 e. The molecule has 0 radical (unpaired) electrons. The molecule has 4 aromatic rings. The number of hydrogen-bond donors (Lipinski definition) is 3. The number of nitrogens with two attached hydrogens (primary N) is 1. The van der Waals surface area contributed by atoms with Gasteiger partial charge < -0.3 is 10.7 Å². The van der Waals surface area contributed by atoms with E-state index in [1.54, 1.807) is 24.3 Å². The summed E-state index contributed by atoms with van der Waals surface area (Å²) in [6.07, 6.45) is 5.15. The number of hydrogen-bond acceptors (Lipinski definition) is 4. The maximum atomic E-state index is 14.7. The molecule has 0 aliphatic rings. The molecule has 0 fully saturated rings. The summed E-state index contributed by atoms with van der Waals surface area (Å²) in [7, 11) is 0. The third kappa shape index (κ3) is 4.69. The maximum Gasteiger partial charge on any atom is 0.164 e. The quantitative estimate of drug-likeness (QED) is 0.402. The van der Waals surface area contributed by atoms with Crippen LogP contribution in [0.5, 0.6) is 0 Å². The van der Waals surface area contributed by atoms with Gasteiger partial charge in [-0.05, 0) is 48.2 Å². The summed E-state index contributed by atoms with van der Waals surface area (Å²) in [5.41, 5.74) is 8.16. The lowest BCUT2D eigenvalue weighted by atomic mass is 9.88. The van der Waals surface area contributed by atoms with E-state index in [1.807, 2.05) is 6.08 Å². The van der Waals surface area contributed by atoms with E-state index in [0.717, 1.165) is 17.4 Å². The normalized spacial score (nSPS) is 12.3. The molecule has 0 spiro atoms. The van der Waals surface area contributed by atoms with Gasteiger partial charge in [0.2, 0.25) is 0 Å². The summed E-state index contributed by atoms with van der Waals surface area (Å²) in [5.74, 6) is 0.352. The molecule has 160 valence electrons. The minimum absolute atomic E-state index is 0.000332. The topological polar surface area (TPSA) is 96.3 Å². The number of fused-ring (bicyclic) bond motifs is 1. The van der Waals surface area contributed by atoms with Crippen LogP contribution < -0.4 is 5.73 Å². The number of H-pyrrole nitrogens is 2. The van der Waals surface area contributed by atoms with Gasteiger partial charge in [0.05, 0.1) is 16.8 Å². The van der Waals surface area contributed by atoms with Crippen molar-refractivity contribution in [2.24, 2.45) is 11.1 Å². The molecule has 2 aromatic carbocycles. The van der Waals surface area contributed by atoms with E-state index in [2.05, 4.69) is 39.2 Å². The third-order valence-corrected chi connectivity index (χ3v) is 5.36. The summed E-state index contributed by atoms with van der Waals surface area (Å²) >= 11 is 0. The molecule has 0 saturated heterocycles. The first kappa shape index (κ1) is 20.9. The van der Waals surface area contributed by atoms with Gasteiger partial charge in [0.25, 0.3) is 0 Å². The van der Waals surface area contributed by atoms with Gasteiger partial charge in [-0.1, -0.05) is 32.1 Å². The molecule has 0 unspecified atom stereocenters. The van der Waals surface area contributed by atoms with Crippen LogP contribution in [-0.2, 0) is 6.42 Å². The monoisotopic (exact) mass is 422 g/mol. The van der Waals surface area contributed by atoms with Gasteiger partial charge in [0.15, 0.2) is 5.82 Å². The fourth-order valence-electron chi connectivity index (χ4n) is 3.21. The van der Waals surface area contributed by atoms with Crippen molar-refractivity contribution in [1.29, 1.82) is 0 Å². The van der Waals surface area contributed by atoms with Crippen LogP contribution in [0.1, 0.15) is 37.4 Å². The number of aromatic amines is 2. The van der Waals surface area contributed by atoms with Crippen molar-refractivity contribution >= 4 is 23.1 Å². The first-order chi connectivity index (χ1) is 14.8. The van der Waals surface area contributed by atoms with Crippen molar-refractivity contribution < 1.29 is 8.78 Å². The average Bonchev–Trinajstić information content (AvgIpc) is 3.38. The Bertz CT molecular complexity index is 1220. The van der Waals surface area contributed by atoms with Gasteiger partial charge in [-0.2, -0.15) is 5.10 Å². The molecule has 0 saturated carbocycles. The molecule has 0 aliphatic carbocycles. The number of halogens is 2. The Labute approximate surface area is 178 Å². The Balaban J connectivity index is 1.61. The Kier molecular flexibility index (Phi) is 5.65. The van der Waals surface area contributed by atoms with Crippen LogP contribution in [0.4, 0.5) is 8.78 Å². The van der Waals surface area contributed by atoms with E-state index in [9.17, 15) is 8.78 Å². The van der Waals surface area contributed by atoms with Crippen LogP contribution in [0, 0.1) is 17.0 Å². The smallest absolute Gasteiger partial charge is 0.164 e. The van der Waals surface area contributed by atoms with Gasteiger partial charge in [-0.25, -0.2) is 8.78 Å². The molecular formula is C23H24F2N6. The summed E-state index contributed by atoms with van der Waals surface area (Å²) < 4.78 is 27.8. The number of nitrogens with one attached hydrogen (secondary N) is 2. The second kappa shape index (κ2) is 8.39. The van der Waals surface area contributed by atoms with Crippen molar-refractivity contribution in [1.82, 2.24) is 25.4 Å². The van der Waals surface area contributed by atoms with E-state index in [0.29, 0.717) is 41.4 Å². The predicted octanol–water partition coefficient (Wildman–Crippen LogP) is 4.71. The van der Waals surface area contributed by atoms with E-state index < -0.39 is 5.82 Å². The summed E-state index contributed by atoms with van der Waals surface area (Å²) in [4.78, 5) is 3.12. The Morgan fingerprint density at radius 2 is 1.84 bits per heavy atom. The van der Waals surface area contributed by atoms with Gasteiger partial charge in [-0.3, -0.25) is 5.10 Å². The number of benzene rings is 2. The number of aryl methyl sites for hydroxylation is 1. The SMILES string of the molecule is CC(C)(CN)CCc1nnc(-c2cc3c(C=Cc4ccc(F)cc4)n[nH]c3cc2F)[nH]1. The van der Waals surface area contributed by atoms with Crippen LogP contribution in [0.3, 0.4) is 0 Å². The van der Waals surface area contributed by atoms with E-state index in [4.69, 9.17) is 5.73 Å². The molecule has 31 heavy (non-hydrogen) atoms. The van der Waals surface area contributed by atoms with Crippen molar-refractivity contribution in [2.45, 2.75) is 26.7 Å². The summed E-state index contributed by atoms with van der Waals surface area (Å²) in [6.45, 7) is 4.77. The highest BCUT2D eigenvalue weighted by Crippen LogP contribution is 2.28. The molecule has 0 bridgehead atoms. The van der Waals surface area contributed by atoms with Crippen LogP contribution >= 0.6 is 0 Å². The van der Waals surface area contributed by atoms with Gasteiger partial charge in [0.1, 0.15) is 17.5 Å². The second-order valence-corrected chi connectivity index (χ2v) is 8.36. The molecule has 4 N–H and O–H groups in total. The first-order valence-electron chi connectivity index (χ1n) is 10.1. The van der Waals surface area contributed by atoms with Crippen LogP contribution in [0.15, 0.2) is 36.4 Å². The number of rotatable bonds is 7. The van der Waals surface area contributed by atoms with Crippen molar-refractivity contribution in [2.75, 3.05) is 6.54 Å².